The van der Waals surface area contributed by atoms with Crippen molar-refractivity contribution in [1.29, 1.82) is 0 Å². The van der Waals surface area contributed by atoms with Gasteiger partial charge in [-0.2, -0.15) is 114 Å². The summed E-state index contributed by atoms with van der Waals surface area (Å²) in [6.07, 6.45) is -34.7. The Morgan fingerprint density at radius 1 is 0.356 bits per heavy atom. The predicted molar refractivity (Wildman–Crippen MR) is 76.2 cm³/mol. The van der Waals surface area contributed by atoms with Gasteiger partial charge in [0.05, 0.1) is 0 Å². The highest BCUT2D eigenvalue weighted by molar-refractivity contribution is 7.86. The maximum atomic E-state index is 13.6. The van der Waals surface area contributed by atoms with Gasteiger partial charge in [0, 0.05) is 0 Å². The Morgan fingerprint density at radius 3 is 0.800 bits per heavy atom. The van der Waals surface area contributed by atoms with Crippen molar-refractivity contribution in [1.82, 2.24) is 0 Å². The minimum atomic E-state index is -9.78. The Hall–Kier alpha value is -2.02. The molecule has 0 spiro atoms. The van der Waals surface area contributed by atoms with Crippen molar-refractivity contribution < 1.29 is 136 Å². The summed E-state index contributed by atoms with van der Waals surface area (Å²) in [5, 5.41) is -8.37. The monoisotopic (exact) mass is 765 g/mol. The van der Waals surface area contributed by atoms with Crippen molar-refractivity contribution in [3.05, 3.63) is 0 Å². The van der Waals surface area contributed by atoms with Crippen molar-refractivity contribution in [3.8, 4) is 0 Å². The van der Waals surface area contributed by atoms with Crippen LogP contribution in [0, 0.1) is 0 Å². The topological polar surface area (TPSA) is 66.4 Å². The number of rotatable bonds is 12. The molecule has 32 heteroatoms. The standard InChI is InChI=1S/C13HF27O4S/c14-1(9(29,30)31,10(32,33)34)11(35,36)44-12(37,38)7(25,26)5(21,22)3(17,18)2(15,16)4(19,20)6(23,24)8(27,28)13(39,40)45(41,42)43/h(H,41,42,43)/p-1. The molecule has 0 amide bonds. The third-order valence-electron chi connectivity index (χ3n) is 4.85. The fourth-order valence-electron chi connectivity index (χ4n) is 2.29. The van der Waals surface area contributed by atoms with Crippen LogP contribution in [0.1, 0.15) is 0 Å². The van der Waals surface area contributed by atoms with Crippen LogP contribution in [-0.4, -0.2) is 89.9 Å². The highest BCUT2D eigenvalue weighted by atomic mass is 32.2. The molecule has 0 unspecified atom stereocenters. The molecule has 0 aliphatic carbocycles. The quantitative estimate of drug-likeness (QED) is 0.152. The van der Waals surface area contributed by atoms with Gasteiger partial charge >= 0.3 is 77.0 Å². The Labute approximate surface area is 224 Å². The zero-order valence-electron chi connectivity index (χ0n) is 18.7. The number of ether oxygens (including phenoxy) is 1. The third-order valence-corrected chi connectivity index (χ3v) is 5.73. The van der Waals surface area contributed by atoms with Gasteiger partial charge in [0.2, 0.25) is 0 Å². The average molecular weight is 765 g/mol. The molecule has 4 nitrogen and oxygen atoms in total. The van der Waals surface area contributed by atoms with E-state index in [4.69, 9.17) is 0 Å². The molecular weight excluding hydrogens is 765 g/mol. The molecule has 0 saturated carbocycles. The predicted octanol–water partition coefficient (Wildman–Crippen LogP) is 7.61. The normalized spacial score (nSPS) is 17.2. The van der Waals surface area contributed by atoms with Crippen molar-refractivity contribution >= 4 is 10.1 Å². The summed E-state index contributed by atoms with van der Waals surface area (Å²) in [6, 6.07) is 0. The minimum absolute atomic E-state index is 0.646. The van der Waals surface area contributed by atoms with Gasteiger partial charge in [-0.15, -0.1) is 0 Å². The van der Waals surface area contributed by atoms with Crippen molar-refractivity contribution in [2.24, 2.45) is 0 Å². The Morgan fingerprint density at radius 2 is 0.578 bits per heavy atom. The zero-order chi connectivity index (χ0) is 37.7. The van der Waals surface area contributed by atoms with Crippen LogP contribution in [0.3, 0.4) is 0 Å². The molecule has 0 radical (unpaired) electrons. The Kier molecular flexibility index (Phi) is 9.78. The van der Waals surface area contributed by atoms with E-state index in [0.717, 1.165) is 0 Å². The van der Waals surface area contributed by atoms with Gasteiger partial charge in [0.15, 0.2) is 10.1 Å². The van der Waals surface area contributed by atoms with Crippen LogP contribution in [-0.2, 0) is 14.9 Å². The van der Waals surface area contributed by atoms with Gasteiger partial charge in [-0.1, -0.05) is 0 Å². The lowest BCUT2D eigenvalue weighted by Gasteiger charge is -2.45. The summed E-state index contributed by atoms with van der Waals surface area (Å²) in [7, 11) is -8.53. The van der Waals surface area contributed by atoms with E-state index in [9.17, 15) is 132 Å². The van der Waals surface area contributed by atoms with Gasteiger partial charge in [0.1, 0.15) is 0 Å². The first-order valence-corrected chi connectivity index (χ1v) is 10.4. The molecule has 0 N–H and O–H groups in total. The van der Waals surface area contributed by atoms with Crippen LogP contribution in [0.4, 0.5) is 119 Å². The molecule has 272 valence electrons. The second-order valence-corrected chi connectivity index (χ2v) is 9.20. The van der Waals surface area contributed by atoms with Crippen LogP contribution in [0.2, 0.25) is 0 Å². The molecule has 0 aromatic heterocycles. The van der Waals surface area contributed by atoms with Gasteiger partial charge in [0.25, 0.3) is 0 Å². The highest BCUT2D eigenvalue weighted by Gasteiger charge is 2.98. The first-order chi connectivity index (χ1) is 18.7. The number of hydrogen-bond acceptors (Lipinski definition) is 4. The van der Waals surface area contributed by atoms with Crippen LogP contribution in [0.25, 0.3) is 0 Å². The zero-order valence-corrected chi connectivity index (χ0v) is 19.6. The summed E-state index contributed by atoms with van der Waals surface area (Å²) < 4.78 is 385. The van der Waals surface area contributed by atoms with Crippen molar-refractivity contribution in [3.63, 3.8) is 0 Å². The van der Waals surface area contributed by atoms with Crippen molar-refractivity contribution in [2.75, 3.05) is 0 Å². The van der Waals surface area contributed by atoms with E-state index in [-0.39, 0.29) is 0 Å². The van der Waals surface area contributed by atoms with Crippen LogP contribution < -0.4 is 0 Å². The molecule has 45 heavy (non-hydrogen) atoms. The molecular formula is C13F27O4S-. The lowest BCUT2D eigenvalue weighted by Crippen LogP contribution is -2.77. The van der Waals surface area contributed by atoms with E-state index in [1.165, 1.54) is 0 Å². The van der Waals surface area contributed by atoms with Gasteiger partial charge in [-0.25, -0.2) is 17.5 Å². The Bertz CT molecular complexity index is 1190. The SMILES string of the molecule is O=S(=O)([O-])C(F)(F)C(F)(F)C(F)(F)C(F)(F)C(F)(F)C(F)(F)C(F)(F)C(F)(F)C(F)(F)OC(F)(F)C(F)(C(F)(F)F)C(F)(F)F. The minimum Gasteiger partial charge on any atom is -0.743 e. The third kappa shape index (κ3) is 5.35. The van der Waals surface area contributed by atoms with E-state index in [2.05, 4.69) is 0 Å². The van der Waals surface area contributed by atoms with Crippen LogP contribution in [0.5, 0.6) is 0 Å². The van der Waals surface area contributed by atoms with Gasteiger partial charge in [-0.3, -0.25) is 0 Å². The maximum absolute atomic E-state index is 13.6. The molecule has 0 bridgehead atoms. The van der Waals surface area contributed by atoms with Crippen molar-refractivity contribution in [2.45, 2.75) is 77.0 Å². The molecule has 0 aromatic carbocycles. The smallest absolute Gasteiger partial charge is 0.440 e. The van der Waals surface area contributed by atoms with E-state index in [1.54, 1.807) is 0 Å². The summed E-state index contributed by atoms with van der Waals surface area (Å²) >= 11 is 0. The lowest BCUT2D eigenvalue weighted by molar-refractivity contribution is -0.528. The second kappa shape index (κ2) is 10.2. The molecule has 0 aromatic rings. The van der Waals surface area contributed by atoms with Crippen LogP contribution in [0.15, 0.2) is 0 Å². The number of halogens is 27. The number of hydrogen-bond donors (Lipinski definition) is 0. The fraction of sp³-hybridized carbons (Fsp3) is 1.00. The molecule has 0 rings (SSSR count). The highest BCUT2D eigenvalue weighted by Crippen LogP contribution is 2.66. The van der Waals surface area contributed by atoms with E-state index in [1.807, 2.05) is 0 Å². The summed E-state index contributed by atoms with van der Waals surface area (Å²) in [4.78, 5) is 0. The van der Waals surface area contributed by atoms with Gasteiger partial charge in [-0.05, 0) is 0 Å². The molecule has 0 saturated heterocycles. The first-order valence-electron chi connectivity index (χ1n) is 8.96. The van der Waals surface area contributed by atoms with E-state index >= 15 is 0 Å². The summed E-state index contributed by atoms with van der Waals surface area (Å²) in [5.74, 6) is -66.8. The first kappa shape index (κ1) is 43.0. The van der Waals surface area contributed by atoms with E-state index in [0.29, 0.717) is 4.74 Å². The average Bonchev–Trinajstić information content (AvgIpc) is 2.74. The number of alkyl halides is 27. The largest absolute Gasteiger partial charge is 0.743 e. The summed E-state index contributed by atoms with van der Waals surface area (Å²) in [6.45, 7) is 0. The fourth-order valence-corrected chi connectivity index (χ4v) is 2.74. The molecule has 0 atom stereocenters. The van der Waals surface area contributed by atoms with Crippen LogP contribution >= 0.6 is 0 Å². The molecule has 0 aliphatic heterocycles. The molecule has 0 heterocycles. The Balaban J connectivity index is 7.38. The molecule has 0 fully saturated rings. The second-order valence-electron chi connectivity index (χ2n) is 7.78. The van der Waals surface area contributed by atoms with Gasteiger partial charge < -0.3 is 4.55 Å². The lowest BCUT2D eigenvalue weighted by atomic mass is 9.89. The maximum Gasteiger partial charge on any atom is 0.440 e. The van der Waals surface area contributed by atoms with E-state index < -0.39 is 87.1 Å². The molecule has 0 aliphatic rings. The summed E-state index contributed by atoms with van der Waals surface area (Å²) in [5.41, 5.74) is -8.76.